The Kier molecular flexibility index (Phi) is 4.79. The fourth-order valence-electron chi connectivity index (χ4n) is 3.03. The molecule has 1 aliphatic heterocycles. The average Bonchev–Trinajstić information content (AvgIpc) is 2.87. The number of hydrogen-bond acceptors (Lipinski definition) is 4. The lowest BCUT2D eigenvalue weighted by Gasteiger charge is -2.32. The Bertz CT molecular complexity index is 709. The predicted molar refractivity (Wildman–Crippen MR) is 90.9 cm³/mol. The maximum absolute atomic E-state index is 11.0. The van der Waals surface area contributed by atoms with Crippen LogP contribution in [0, 0.1) is 5.92 Å². The van der Waals surface area contributed by atoms with Crippen LogP contribution in [0.4, 0.5) is 0 Å². The highest BCUT2D eigenvalue weighted by Gasteiger charge is 2.21. The molecule has 1 saturated heterocycles. The van der Waals surface area contributed by atoms with E-state index in [4.69, 9.17) is 5.14 Å². The van der Waals surface area contributed by atoms with Crippen molar-refractivity contribution in [2.45, 2.75) is 19.4 Å². The average molecular weight is 339 g/mol. The quantitative estimate of drug-likeness (QED) is 0.874. The SMILES string of the molecule is NS(=O)(=O)NC[C@H]1CCCN(Cc2cc3ccccc3s2)C1. The number of thiophene rings is 1. The van der Waals surface area contributed by atoms with Crippen molar-refractivity contribution in [2.24, 2.45) is 11.1 Å². The van der Waals surface area contributed by atoms with E-state index in [0.29, 0.717) is 12.5 Å². The van der Waals surface area contributed by atoms with E-state index >= 15 is 0 Å². The van der Waals surface area contributed by atoms with Crippen LogP contribution in [0.3, 0.4) is 0 Å². The number of fused-ring (bicyclic) bond motifs is 1. The van der Waals surface area contributed by atoms with Gasteiger partial charge in [-0.1, -0.05) is 18.2 Å². The molecule has 0 radical (unpaired) electrons. The lowest BCUT2D eigenvalue weighted by atomic mass is 9.98. The van der Waals surface area contributed by atoms with E-state index in [9.17, 15) is 8.42 Å². The summed E-state index contributed by atoms with van der Waals surface area (Å²) in [5, 5.41) is 6.30. The van der Waals surface area contributed by atoms with Crippen molar-refractivity contribution in [2.75, 3.05) is 19.6 Å². The summed E-state index contributed by atoms with van der Waals surface area (Å²) >= 11 is 1.84. The molecule has 1 aliphatic rings. The summed E-state index contributed by atoms with van der Waals surface area (Å²) in [6.45, 7) is 3.35. The van der Waals surface area contributed by atoms with Crippen molar-refractivity contribution in [3.05, 3.63) is 35.2 Å². The Labute approximate surface area is 135 Å². The van der Waals surface area contributed by atoms with Gasteiger partial charge in [0.15, 0.2) is 0 Å². The molecule has 1 atom stereocenters. The van der Waals surface area contributed by atoms with E-state index in [-0.39, 0.29) is 0 Å². The second-order valence-electron chi connectivity index (χ2n) is 5.89. The van der Waals surface area contributed by atoms with Gasteiger partial charge in [0.2, 0.25) is 0 Å². The third kappa shape index (κ3) is 4.27. The molecule has 0 aliphatic carbocycles. The number of benzene rings is 1. The zero-order valence-electron chi connectivity index (χ0n) is 12.4. The molecule has 5 nitrogen and oxygen atoms in total. The minimum atomic E-state index is -3.58. The summed E-state index contributed by atoms with van der Waals surface area (Å²) in [5.41, 5.74) is 0. The van der Waals surface area contributed by atoms with Gasteiger partial charge in [-0.05, 0) is 42.8 Å². The molecular formula is C15H21N3O2S2. The molecule has 3 N–H and O–H groups in total. The predicted octanol–water partition coefficient (Wildman–Crippen LogP) is 1.91. The third-order valence-electron chi connectivity index (χ3n) is 4.03. The van der Waals surface area contributed by atoms with Crippen molar-refractivity contribution in [1.29, 1.82) is 0 Å². The van der Waals surface area contributed by atoms with Crippen molar-refractivity contribution in [3.8, 4) is 0 Å². The van der Waals surface area contributed by atoms with Crippen molar-refractivity contribution >= 4 is 31.6 Å². The first-order chi connectivity index (χ1) is 10.5. The van der Waals surface area contributed by atoms with Gasteiger partial charge in [-0.2, -0.15) is 8.42 Å². The van der Waals surface area contributed by atoms with Crippen LogP contribution >= 0.6 is 11.3 Å². The first-order valence-electron chi connectivity index (χ1n) is 7.47. The highest BCUT2D eigenvalue weighted by Crippen LogP contribution is 2.27. The van der Waals surface area contributed by atoms with Gasteiger partial charge in [-0.3, -0.25) is 4.90 Å². The number of hydrogen-bond donors (Lipinski definition) is 2. The van der Waals surface area contributed by atoms with Crippen molar-refractivity contribution in [1.82, 2.24) is 9.62 Å². The minimum Gasteiger partial charge on any atom is -0.298 e. The molecule has 3 rings (SSSR count). The first-order valence-corrected chi connectivity index (χ1v) is 9.83. The number of piperidine rings is 1. The number of rotatable bonds is 5. The fourth-order valence-corrected chi connectivity index (χ4v) is 4.61. The van der Waals surface area contributed by atoms with Crippen molar-refractivity contribution < 1.29 is 8.42 Å². The van der Waals surface area contributed by atoms with Gasteiger partial charge in [-0.25, -0.2) is 9.86 Å². The summed E-state index contributed by atoms with van der Waals surface area (Å²) in [5.74, 6) is 0.335. The molecule has 0 spiro atoms. The molecular weight excluding hydrogens is 318 g/mol. The Balaban J connectivity index is 1.60. The third-order valence-corrected chi connectivity index (χ3v) is 5.70. The highest BCUT2D eigenvalue weighted by molar-refractivity contribution is 7.87. The van der Waals surface area contributed by atoms with Gasteiger partial charge >= 0.3 is 0 Å². The van der Waals surface area contributed by atoms with E-state index in [1.807, 2.05) is 11.3 Å². The van der Waals surface area contributed by atoms with Crippen molar-refractivity contribution in [3.63, 3.8) is 0 Å². The maximum Gasteiger partial charge on any atom is 0.274 e. The second kappa shape index (κ2) is 6.64. The van der Waals surface area contributed by atoms with Gasteiger partial charge in [0.25, 0.3) is 10.2 Å². The van der Waals surface area contributed by atoms with E-state index in [2.05, 4.69) is 40.0 Å². The number of nitrogens with one attached hydrogen (secondary N) is 1. The van der Waals surface area contributed by atoms with Gasteiger partial charge < -0.3 is 0 Å². The molecule has 2 heterocycles. The van der Waals surface area contributed by atoms with Crippen LogP contribution in [0.2, 0.25) is 0 Å². The number of likely N-dealkylation sites (tertiary alicyclic amines) is 1. The van der Waals surface area contributed by atoms with Crippen LogP contribution < -0.4 is 9.86 Å². The Morgan fingerprint density at radius 1 is 1.36 bits per heavy atom. The van der Waals surface area contributed by atoms with Crippen LogP contribution in [0.5, 0.6) is 0 Å². The van der Waals surface area contributed by atoms with Gasteiger partial charge in [-0.15, -0.1) is 11.3 Å². The first kappa shape index (κ1) is 15.9. The topological polar surface area (TPSA) is 75.4 Å². The largest absolute Gasteiger partial charge is 0.298 e. The summed E-state index contributed by atoms with van der Waals surface area (Å²) < 4.78 is 25.7. The minimum absolute atomic E-state index is 0.335. The fraction of sp³-hybridized carbons (Fsp3) is 0.467. The van der Waals surface area contributed by atoms with E-state index in [1.54, 1.807) is 0 Å². The molecule has 1 aromatic carbocycles. The lowest BCUT2D eigenvalue weighted by molar-refractivity contribution is 0.170. The molecule has 0 bridgehead atoms. The van der Waals surface area contributed by atoms with Crippen LogP contribution in [0.15, 0.2) is 30.3 Å². The number of nitrogens with two attached hydrogens (primary N) is 1. The van der Waals surface area contributed by atoms with Crippen LogP contribution in [-0.4, -0.2) is 33.0 Å². The summed E-state index contributed by atoms with van der Waals surface area (Å²) in [6.07, 6.45) is 2.15. The molecule has 2 aromatic rings. The Morgan fingerprint density at radius 3 is 2.95 bits per heavy atom. The van der Waals surface area contributed by atoms with Crippen LogP contribution in [-0.2, 0) is 16.8 Å². The normalized spacial score (nSPS) is 20.5. The molecule has 0 amide bonds. The van der Waals surface area contributed by atoms with Crippen LogP contribution in [0.25, 0.3) is 10.1 Å². The zero-order chi connectivity index (χ0) is 15.6. The van der Waals surface area contributed by atoms with E-state index in [0.717, 1.165) is 32.5 Å². The summed E-state index contributed by atoms with van der Waals surface area (Å²) in [6, 6.07) is 10.7. The van der Waals surface area contributed by atoms with Gasteiger partial charge in [0.1, 0.15) is 0 Å². The molecule has 1 fully saturated rings. The van der Waals surface area contributed by atoms with E-state index < -0.39 is 10.2 Å². The Morgan fingerprint density at radius 2 is 2.18 bits per heavy atom. The second-order valence-corrected chi connectivity index (χ2v) is 8.43. The monoisotopic (exact) mass is 339 g/mol. The molecule has 7 heteroatoms. The Hall–Kier alpha value is -0.990. The smallest absolute Gasteiger partial charge is 0.274 e. The molecule has 120 valence electrons. The van der Waals surface area contributed by atoms with Gasteiger partial charge in [0, 0.05) is 29.2 Å². The standard InChI is InChI=1S/C15H21N3O2S2/c16-22(19,20)17-9-12-4-3-7-18(10-12)11-14-8-13-5-1-2-6-15(13)21-14/h1-2,5-6,8,12,17H,3-4,7,9-11H2,(H2,16,19,20)/t12-/m1/s1. The lowest BCUT2D eigenvalue weighted by Crippen LogP contribution is -2.42. The summed E-state index contributed by atoms with van der Waals surface area (Å²) in [7, 11) is -3.58. The molecule has 1 aromatic heterocycles. The molecule has 0 saturated carbocycles. The van der Waals surface area contributed by atoms with Gasteiger partial charge in [0.05, 0.1) is 0 Å². The number of nitrogens with zero attached hydrogens (tertiary/aromatic N) is 1. The highest BCUT2D eigenvalue weighted by atomic mass is 32.2. The molecule has 22 heavy (non-hydrogen) atoms. The molecule has 0 unspecified atom stereocenters. The zero-order valence-corrected chi connectivity index (χ0v) is 14.0. The van der Waals surface area contributed by atoms with E-state index in [1.165, 1.54) is 15.0 Å². The maximum atomic E-state index is 11.0. The van der Waals surface area contributed by atoms with Crippen LogP contribution in [0.1, 0.15) is 17.7 Å². The summed E-state index contributed by atoms with van der Waals surface area (Å²) in [4.78, 5) is 3.77.